The molecule has 1 fully saturated rings. The third-order valence-electron chi connectivity index (χ3n) is 5.98. The summed E-state index contributed by atoms with van der Waals surface area (Å²) in [7, 11) is 0. The van der Waals surface area contributed by atoms with Gasteiger partial charge in [0.2, 0.25) is 0 Å². The number of benzene rings is 1. The minimum absolute atomic E-state index is 0.130. The summed E-state index contributed by atoms with van der Waals surface area (Å²) in [6.45, 7) is 6.92. The van der Waals surface area contributed by atoms with Crippen LogP contribution in [0.3, 0.4) is 0 Å². The fourth-order valence-electron chi connectivity index (χ4n) is 3.99. The molecule has 0 bridgehead atoms. The standard InChI is InChI=1S/C24H24F3N5O2/c1-15-13-21(30-22(29-15)19-7-8-20(28-14-19)24(25,26)27)32-11-9-31(10-12-32)16(2)17-3-5-18(6-4-17)23(33)34/h3-8,13-14,16H,9-12H2,1-2H3,(H,33,34). The van der Waals surface area contributed by atoms with Gasteiger partial charge in [-0.1, -0.05) is 12.1 Å². The number of pyridine rings is 1. The molecule has 0 spiro atoms. The summed E-state index contributed by atoms with van der Waals surface area (Å²) in [4.78, 5) is 28.0. The van der Waals surface area contributed by atoms with Gasteiger partial charge in [-0.15, -0.1) is 0 Å². The van der Waals surface area contributed by atoms with Crippen LogP contribution in [-0.2, 0) is 6.18 Å². The first-order valence-corrected chi connectivity index (χ1v) is 10.8. The molecule has 0 saturated carbocycles. The Balaban J connectivity index is 1.45. The van der Waals surface area contributed by atoms with Crippen molar-refractivity contribution >= 4 is 11.8 Å². The van der Waals surface area contributed by atoms with Crippen LogP contribution in [0, 0.1) is 6.92 Å². The molecule has 1 aromatic carbocycles. The minimum atomic E-state index is -4.49. The van der Waals surface area contributed by atoms with Crippen molar-refractivity contribution in [3.63, 3.8) is 0 Å². The lowest BCUT2D eigenvalue weighted by atomic mass is 10.0. The summed E-state index contributed by atoms with van der Waals surface area (Å²) in [5.74, 6) is 0.116. The summed E-state index contributed by atoms with van der Waals surface area (Å²) < 4.78 is 38.4. The van der Waals surface area contributed by atoms with E-state index in [-0.39, 0.29) is 11.6 Å². The Kier molecular flexibility index (Phi) is 6.52. The Morgan fingerprint density at radius 1 is 1.03 bits per heavy atom. The zero-order valence-electron chi connectivity index (χ0n) is 18.8. The van der Waals surface area contributed by atoms with Gasteiger partial charge in [-0.2, -0.15) is 13.2 Å². The first-order valence-electron chi connectivity index (χ1n) is 10.8. The molecule has 7 nitrogen and oxygen atoms in total. The van der Waals surface area contributed by atoms with E-state index >= 15 is 0 Å². The lowest BCUT2D eigenvalue weighted by Crippen LogP contribution is -2.47. The predicted molar refractivity (Wildman–Crippen MR) is 121 cm³/mol. The van der Waals surface area contributed by atoms with E-state index in [9.17, 15) is 18.0 Å². The number of aromatic nitrogens is 3. The Bertz CT molecular complexity index is 1160. The van der Waals surface area contributed by atoms with E-state index in [2.05, 4.69) is 31.7 Å². The Hall–Kier alpha value is -3.53. The highest BCUT2D eigenvalue weighted by Gasteiger charge is 2.32. The van der Waals surface area contributed by atoms with Crippen LogP contribution < -0.4 is 4.90 Å². The van der Waals surface area contributed by atoms with Gasteiger partial charge < -0.3 is 10.0 Å². The molecule has 1 N–H and O–H groups in total. The summed E-state index contributed by atoms with van der Waals surface area (Å²) in [5, 5.41) is 9.08. The number of rotatable bonds is 5. The molecule has 0 aliphatic carbocycles. The molecule has 1 aliphatic heterocycles. The molecule has 34 heavy (non-hydrogen) atoms. The highest BCUT2D eigenvalue weighted by atomic mass is 19.4. The number of carbonyl (C=O) groups is 1. The molecule has 0 radical (unpaired) electrons. The number of carboxylic acid groups (broad SMARTS) is 1. The van der Waals surface area contributed by atoms with E-state index in [0.29, 0.717) is 17.1 Å². The van der Waals surface area contributed by atoms with Gasteiger partial charge in [-0.3, -0.25) is 9.88 Å². The third-order valence-corrected chi connectivity index (χ3v) is 5.98. The van der Waals surface area contributed by atoms with Crippen molar-refractivity contribution in [2.75, 3.05) is 31.1 Å². The van der Waals surface area contributed by atoms with Crippen LogP contribution in [0.1, 0.15) is 40.3 Å². The normalized spacial score (nSPS) is 15.9. The number of alkyl halides is 3. The maximum atomic E-state index is 12.8. The van der Waals surface area contributed by atoms with E-state index in [1.807, 2.05) is 25.1 Å². The Labute approximate surface area is 194 Å². The molecule has 3 heterocycles. The predicted octanol–water partition coefficient (Wildman–Crippen LogP) is 4.45. The van der Waals surface area contributed by atoms with Gasteiger partial charge in [0, 0.05) is 55.7 Å². The Morgan fingerprint density at radius 3 is 2.26 bits per heavy atom. The van der Waals surface area contributed by atoms with Crippen LogP contribution >= 0.6 is 0 Å². The maximum absolute atomic E-state index is 12.8. The van der Waals surface area contributed by atoms with Crippen LogP contribution in [0.5, 0.6) is 0 Å². The summed E-state index contributed by atoms with van der Waals surface area (Å²) in [5.41, 5.74) is 1.50. The minimum Gasteiger partial charge on any atom is -0.478 e. The average molecular weight is 471 g/mol. The van der Waals surface area contributed by atoms with Crippen molar-refractivity contribution in [3.8, 4) is 11.4 Å². The van der Waals surface area contributed by atoms with Gasteiger partial charge in [0.25, 0.3) is 0 Å². The van der Waals surface area contributed by atoms with E-state index in [4.69, 9.17) is 5.11 Å². The molecule has 2 aromatic heterocycles. The van der Waals surface area contributed by atoms with Gasteiger partial charge in [-0.05, 0) is 43.7 Å². The van der Waals surface area contributed by atoms with E-state index in [1.165, 1.54) is 6.07 Å². The van der Waals surface area contributed by atoms with Crippen molar-refractivity contribution in [3.05, 3.63) is 71.2 Å². The fraction of sp³-hybridized carbons (Fsp3) is 0.333. The maximum Gasteiger partial charge on any atom is 0.433 e. The van der Waals surface area contributed by atoms with Crippen molar-refractivity contribution in [1.82, 2.24) is 19.9 Å². The number of carboxylic acids is 1. The fourth-order valence-corrected chi connectivity index (χ4v) is 3.99. The second kappa shape index (κ2) is 9.38. The van der Waals surface area contributed by atoms with Crippen molar-refractivity contribution in [2.24, 2.45) is 0 Å². The monoisotopic (exact) mass is 471 g/mol. The van der Waals surface area contributed by atoms with Gasteiger partial charge in [0.1, 0.15) is 11.5 Å². The van der Waals surface area contributed by atoms with Crippen molar-refractivity contribution in [2.45, 2.75) is 26.1 Å². The zero-order valence-corrected chi connectivity index (χ0v) is 18.8. The molecule has 1 unspecified atom stereocenters. The first-order chi connectivity index (χ1) is 16.1. The van der Waals surface area contributed by atoms with E-state index in [0.717, 1.165) is 49.8 Å². The second-order valence-electron chi connectivity index (χ2n) is 8.25. The van der Waals surface area contributed by atoms with Crippen molar-refractivity contribution in [1.29, 1.82) is 0 Å². The summed E-state index contributed by atoms with van der Waals surface area (Å²) in [6.07, 6.45) is -3.34. The highest BCUT2D eigenvalue weighted by molar-refractivity contribution is 5.87. The molecule has 4 rings (SSSR count). The summed E-state index contributed by atoms with van der Waals surface area (Å²) in [6, 6.07) is 11.2. The molecule has 178 valence electrons. The molecular formula is C24H24F3N5O2. The van der Waals surface area contributed by atoms with Crippen LogP contribution in [-0.4, -0.2) is 57.1 Å². The lowest BCUT2D eigenvalue weighted by molar-refractivity contribution is -0.141. The lowest BCUT2D eigenvalue weighted by Gasteiger charge is -2.38. The van der Waals surface area contributed by atoms with Gasteiger partial charge in [0.05, 0.1) is 5.56 Å². The molecule has 10 heteroatoms. The molecule has 1 atom stereocenters. The molecular weight excluding hydrogens is 447 g/mol. The topological polar surface area (TPSA) is 82.5 Å². The Morgan fingerprint density at radius 2 is 1.71 bits per heavy atom. The van der Waals surface area contributed by atoms with E-state index in [1.54, 1.807) is 12.1 Å². The van der Waals surface area contributed by atoms with Crippen LogP contribution in [0.2, 0.25) is 0 Å². The molecule has 3 aromatic rings. The molecule has 1 aliphatic rings. The summed E-state index contributed by atoms with van der Waals surface area (Å²) >= 11 is 0. The number of piperazine rings is 1. The van der Waals surface area contributed by atoms with Crippen molar-refractivity contribution < 1.29 is 23.1 Å². The quantitative estimate of drug-likeness (QED) is 0.589. The number of anilines is 1. The van der Waals surface area contributed by atoms with Gasteiger partial charge >= 0.3 is 12.1 Å². The SMILES string of the molecule is Cc1cc(N2CCN(C(C)c3ccc(C(=O)O)cc3)CC2)nc(-c2ccc(C(F)(F)F)nc2)n1. The van der Waals surface area contributed by atoms with Gasteiger partial charge in [-0.25, -0.2) is 14.8 Å². The number of aromatic carboxylic acids is 1. The third kappa shape index (κ3) is 5.17. The second-order valence-corrected chi connectivity index (χ2v) is 8.25. The highest BCUT2D eigenvalue weighted by Crippen LogP contribution is 2.29. The largest absolute Gasteiger partial charge is 0.478 e. The molecule has 1 saturated heterocycles. The number of hydrogen-bond donors (Lipinski definition) is 1. The first kappa shape index (κ1) is 23.6. The number of aryl methyl sites for hydroxylation is 1. The zero-order chi connectivity index (χ0) is 24.5. The number of halogens is 3. The van der Waals surface area contributed by atoms with Crippen LogP contribution in [0.15, 0.2) is 48.7 Å². The van der Waals surface area contributed by atoms with Gasteiger partial charge in [0.15, 0.2) is 5.82 Å². The number of hydrogen-bond acceptors (Lipinski definition) is 6. The van der Waals surface area contributed by atoms with Crippen LogP contribution in [0.4, 0.5) is 19.0 Å². The number of nitrogens with zero attached hydrogens (tertiary/aromatic N) is 5. The smallest absolute Gasteiger partial charge is 0.433 e. The van der Waals surface area contributed by atoms with E-state index < -0.39 is 17.8 Å². The van der Waals surface area contributed by atoms with Crippen LogP contribution in [0.25, 0.3) is 11.4 Å². The average Bonchev–Trinajstić information content (AvgIpc) is 2.83. The molecule has 0 amide bonds.